The van der Waals surface area contributed by atoms with Crippen molar-refractivity contribution in [2.24, 2.45) is 0 Å². The Morgan fingerprint density at radius 3 is 2.90 bits per heavy atom. The fourth-order valence-corrected chi connectivity index (χ4v) is 3.46. The normalized spacial score (nSPS) is 11.1. The highest BCUT2D eigenvalue weighted by molar-refractivity contribution is 7.22. The number of pyridine rings is 2. The molecule has 0 fully saturated rings. The van der Waals surface area contributed by atoms with E-state index in [0.717, 1.165) is 37.7 Å². The number of ether oxygens (including phenoxy) is 1. The largest absolute Gasteiger partial charge is 0.397 e. The number of thiophene rings is 1. The summed E-state index contributed by atoms with van der Waals surface area (Å²) in [6, 6.07) is 7.84. The van der Waals surface area contributed by atoms with Gasteiger partial charge in [0.25, 0.3) is 0 Å². The summed E-state index contributed by atoms with van der Waals surface area (Å²) in [6.07, 6.45) is 1.77. The third-order valence-corrected chi connectivity index (χ3v) is 4.23. The molecular weight excluding hydrogens is 270 g/mol. The first-order valence-corrected chi connectivity index (χ1v) is 7.11. The van der Waals surface area contributed by atoms with Crippen LogP contribution in [0, 0.1) is 6.92 Å². The second-order valence-electron chi connectivity index (χ2n) is 4.60. The van der Waals surface area contributed by atoms with Gasteiger partial charge in [-0.15, -0.1) is 11.3 Å². The predicted molar refractivity (Wildman–Crippen MR) is 82.7 cm³/mol. The van der Waals surface area contributed by atoms with Crippen molar-refractivity contribution in [3.63, 3.8) is 0 Å². The van der Waals surface area contributed by atoms with Crippen LogP contribution in [0.2, 0.25) is 0 Å². The van der Waals surface area contributed by atoms with Crippen LogP contribution in [0.5, 0.6) is 0 Å². The number of hydrogen-bond donors (Lipinski definition) is 1. The lowest BCUT2D eigenvalue weighted by atomic mass is 10.1. The maximum atomic E-state index is 6.33. The van der Waals surface area contributed by atoms with Gasteiger partial charge in [0.2, 0.25) is 0 Å². The van der Waals surface area contributed by atoms with Crippen LogP contribution in [0.25, 0.3) is 20.8 Å². The summed E-state index contributed by atoms with van der Waals surface area (Å²) < 4.78 is 5.27. The number of nitrogen functional groups attached to an aromatic ring is 1. The van der Waals surface area contributed by atoms with Crippen LogP contribution >= 0.6 is 11.3 Å². The number of nitrogens with zero attached hydrogens (tertiary/aromatic N) is 2. The van der Waals surface area contributed by atoms with Gasteiger partial charge >= 0.3 is 0 Å². The molecule has 0 radical (unpaired) electrons. The van der Waals surface area contributed by atoms with Gasteiger partial charge in [-0.3, -0.25) is 4.98 Å². The Bertz CT molecular complexity index is 753. The molecule has 20 heavy (non-hydrogen) atoms. The van der Waals surface area contributed by atoms with E-state index in [0.29, 0.717) is 6.61 Å². The minimum Gasteiger partial charge on any atom is -0.397 e. The van der Waals surface area contributed by atoms with E-state index < -0.39 is 0 Å². The molecule has 3 heterocycles. The summed E-state index contributed by atoms with van der Waals surface area (Å²) in [5.41, 5.74) is 10.00. The van der Waals surface area contributed by atoms with E-state index in [9.17, 15) is 0 Å². The minimum absolute atomic E-state index is 0.530. The zero-order valence-corrected chi connectivity index (χ0v) is 12.2. The Kier molecular flexibility index (Phi) is 3.38. The molecule has 5 heteroatoms. The first kappa shape index (κ1) is 13.0. The van der Waals surface area contributed by atoms with E-state index >= 15 is 0 Å². The molecule has 0 aromatic carbocycles. The second-order valence-corrected chi connectivity index (χ2v) is 5.59. The summed E-state index contributed by atoms with van der Waals surface area (Å²) in [5, 5.41) is 0.989. The van der Waals surface area contributed by atoms with E-state index in [1.54, 1.807) is 24.6 Å². The molecule has 0 aliphatic heterocycles. The topological polar surface area (TPSA) is 61.0 Å². The van der Waals surface area contributed by atoms with Crippen molar-refractivity contribution in [3.8, 4) is 10.6 Å². The van der Waals surface area contributed by atoms with Crippen molar-refractivity contribution in [2.45, 2.75) is 13.5 Å². The van der Waals surface area contributed by atoms with E-state index in [1.165, 1.54) is 0 Å². The molecule has 4 nitrogen and oxygen atoms in total. The number of aromatic nitrogens is 2. The first-order chi connectivity index (χ1) is 9.70. The lowest BCUT2D eigenvalue weighted by Crippen LogP contribution is -1.95. The molecule has 3 aromatic heterocycles. The van der Waals surface area contributed by atoms with Crippen molar-refractivity contribution in [1.82, 2.24) is 9.97 Å². The molecule has 0 bridgehead atoms. The monoisotopic (exact) mass is 285 g/mol. The van der Waals surface area contributed by atoms with Gasteiger partial charge < -0.3 is 10.5 Å². The third kappa shape index (κ3) is 2.15. The van der Waals surface area contributed by atoms with Gasteiger partial charge in [-0.25, -0.2) is 4.98 Å². The molecule has 3 rings (SSSR count). The van der Waals surface area contributed by atoms with Crippen molar-refractivity contribution in [3.05, 3.63) is 41.7 Å². The van der Waals surface area contributed by atoms with Gasteiger partial charge in [0.15, 0.2) is 0 Å². The van der Waals surface area contributed by atoms with Crippen LogP contribution < -0.4 is 5.73 Å². The van der Waals surface area contributed by atoms with E-state index in [2.05, 4.69) is 9.97 Å². The van der Waals surface area contributed by atoms with Gasteiger partial charge in [-0.05, 0) is 30.7 Å². The molecule has 102 valence electrons. The summed E-state index contributed by atoms with van der Waals surface area (Å²) in [6.45, 7) is 2.51. The zero-order chi connectivity index (χ0) is 14.1. The molecule has 0 aliphatic carbocycles. The quantitative estimate of drug-likeness (QED) is 0.801. The number of methoxy groups -OCH3 is 1. The van der Waals surface area contributed by atoms with Gasteiger partial charge in [0.1, 0.15) is 4.83 Å². The number of hydrogen-bond acceptors (Lipinski definition) is 5. The summed E-state index contributed by atoms with van der Waals surface area (Å²) in [4.78, 5) is 10.9. The van der Waals surface area contributed by atoms with Gasteiger partial charge in [-0.1, -0.05) is 6.07 Å². The van der Waals surface area contributed by atoms with Crippen LogP contribution in [0.15, 0.2) is 30.5 Å². The molecule has 0 amide bonds. The average molecular weight is 285 g/mol. The van der Waals surface area contributed by atoms with Crippen LogP contribution in [-0.4, -0.2) is 17.1 Å². The number of fused-ring (bicyclic) bond motifs is 1. The smallest absolute Gasteiger partial charge is 0.126 e. The van der Waals surface area contributed by atoms with Crippen molar-refractivity contribution in [1.29, 1.82) is 0 Å². The maximum Gasteiger partial charge on any atom is 0.126 e. The van der Waals surface area contributed by atoms with Crippen molar-refractivity contribution in [2.75, 3.05) is 12.8 Å². The molecule has 0 unspecified atom stereocenters. The number of anilines is 1. The minimum atomic E-state index is 0.530. The SMILES string of the molecule is COCc1cc(C)nc2sc(-c3ccccn3)c(N)c12. The van der Waals surface area contributed by atoms with E-state index in [-0.39, 0.29) is 0 Å². The molecule has 0 saturated heterocycles. The first-order valence-electron chi connectivity index (χ1n) is 6.29. The fourth-order valence-electron chi connectivity index (χ4n) is 2.29. The summed E-state index contributed by atoms with van der Waals surface area (Å²) in [5.74, 6) is 0. The average Bonchev–Trinajstić information content (AvgIpc) is 2.77. The molecule has 3 aromatic rings. The van der Waals surface area contributed by atoms with Crippen molar-refractivity contribution >= 4 is 27.2 Å². The molecule has 0 spiro atoms. The van der Waals surface area contributed by atoms with E-state index in [1.807, 2.05) is 31.2 Å². The summed E-state index contributed by atoms with van der Waals surface area (Å²) in [7, 11) is 1.68. The highest BCUT2D eigenvalue weighted by Gasteiger charge is 2.16. The zero-order valence-electron chi connectivity index (χ0n) is 11.4. The van der Waals surface area contributed by atoms with Crippen LogP contribution in [-0.2, 0) is 11.3 Å². The summed E-state index contributed by atoms with van der Waals surface area (Å²) >= 11 is 1.58. The molecule has 0 atom stereocenters. The Balaban J connectivity index is 2.27. The van der Waals surface area contributed by atoms with Crippen molar-refractivity contribution < 1.29 is 4.74 Å². The standard InChI is InChI=1S/C15H15N3OS/c1-9-7-10(8-19-2)12-13(16)14(20-15(12)18-9)11-5-3-4-6-17-11/h3-7H,8,16H2,1-2H3. The number of rotatable bonds is 3. The molecule has 0 saturated carbocycles. The van der Waals surface area contributed by atoms with Gasteiger partial charge in [0, 0.05) is 24.4 Å². The Morgan fingerprint density at radius 1 is 1.35 bits per heavy atom. The van der Waals surface area contributed by atoms with Gasteiger partial charge in [-0.2, -0.15) is 0 Å². The lowest BCUT2D eigenvalue weighted by Gasteiger charge is -2.04. The fraction of sp³-hybridized carbons (Fsp3) is 0.200. The Hall–Kier alpha value is -1.98. The highest BCUT2D eigenvalue weighted by atomic mass is 32.1. The van der Waals surface area contributed by atoms with Crippen LogP contribution in [0.4, 0.5) is 5.69 Å². The molecular formula is C15H15N3OS. The Morgan fingerprint density at radius 2 is 2.20 bits per heavy atom. The lowest BCUT2D eigenvalue weighted by molar-refractivity contribution is 0.186. The predicted octanol–water partition coefficient (Wildman–Crippen LogP) is 3.40. The van der Waals surface area contributed by atoms with Crippen LogP contribution in [0.1, 0.15) is 11.3 Å². The highest BCUT2D eigenvalue weighted by Crippen LogP contribution is 2.40. The number of nitrogens with two attached hydrogens (primary N) is 1. The maximum absolute atomic E-state index is 6.33. The molecule has 2 N–H and O–H groups in total. The van der Waals surface area contributed by atoms with Gasteiger partial charge in [0.05, 0.1) is 22.9 Å². The third-order valence-electron chi connectivity index (χ3n) is 3.11. The Labute approximate surface area is 121 Å². The van der Waals surface area contributed by atoms with E-state index in [4.69, 9.17) is 10.5 Å². The van der Waals surface area contributed by atoms with Crippen LogP contribution in [0.3, 0.4) is 0 Å². The number of aryl methyl sites for hydroxylation is 1. The second kappa shape index (κ2) is 5.19. The molecule has 0 aliphatic rings.